The molecule has 18 heavy (non-hydrogen) atoms. The molecule has 0 saturated carbocycles. The number of carbonyl (C=O) groups is 1. The largest absolute Gasteiger partial charge is 0.398 e. The molecule has 94 valence electrons. The monoisotopic (exact) mass is 245 g/mol. The van der Waals surface area contributed by atoms with Crippen molar-refractivity contribution in [2.45, 2.75) is 13.5 Å². The van der Waals surface area contributed by atoms with Gasteiger partial charge >= 0.3 is 0 Å². The molecule has 0 fully saturated rings. The Morgan fingerprint density at radius 2 is 2.28 bits per heavy atom. The zero-order valence-electron chi connectivity index (χ0n) is 10.3. The van der Waals surface area contributed by atoms with Gasteiger partial charge in [-0.25, -0.2) is 0 Å². The van der Waals surface area contributed by atoms with Crippen molar-refractivity contribution >= 4 is 11.6 Å². The summed E-state index contributed by atoms with van der Waals surface area (Å²) in [6, 6.07) is 5.35. The molecule has 1 heterocycles. The minimum absolute atomic E-state index is 0.212. The maximum absolute atomic E-state index is 11.9. The fourth-order valence-corrected chi connectivity index (χ4v) is 1.61. The minimum Gasteiger partial charge on any atom is -0.398 e. The number of carbonyl (C=O) groups excluding carboxylic acids is 1. The zero-order chi connectivity index (χ0) is 13.1. The second-order valence-electron chi connectivity index (χ2n) is 4.13. The number of aryl methyl sites for hydroxylation is 2. The lowest BCUT2D eigenvalue weighted by molar-refractivity contribution is 0.0950. The van der Waals surface area contributed by atoms with Gasteiger partial charge in [0.2, 0.25) is 0 Å². The maximum atomic E-state index is 11.9. The van der Waals surface area contributed by atoms with Crippen LogP contribution in [0.4, 0.5) is 5.69 Å². The molecule has 0 unspecified atom stereocenters. The highest BCUT2D eigenvalue weighted by Gasteiger charge is 2.10. The Labute approximate surface area is 105 Å². The van der Waals surface area contributed by atoms with E-state index in [0.717, 1.165) is 5.56 Å². The summed E-state index contributed by atoms with van der Waals surface area (Å²) in [5, 5.41) is 10.4. The molecule has 0 saturated heterocycles. The molecule has 2 rings (SSSR count). The molecule has 0 aliphatic rings. The fraction of sp³-hybridized carbons (Fsp3) is 0.250. The number of rotatable bonds is 3. The highest BCUT2D eigenvalue weighted by atomic mass is 16.1. The summed E-state index contributed by atoms with van der Waals surface area (Å²) >= 11 is 0. The van der Waals surface area contributed by atoms with E-state index in [-0.39, 0.29) is 5.91 Å². The van der Waals surface area contributed by atoms with Crippen LogP contribution in [0.5, 0.6) is 0 Å². The van der Waals surface area contributed by atoms with E-state index < -0.39 is 0 Å². The Morgan fingerprint density at radius 1 is 1.50 bits per heavy atom. The predicted octanol–water partition coefficient (Wildman–Crippen LogP) is 0.636. The SMILES string of the molecule is Cc1ccc(C(=O)NCc2nncn2C)c(N)c1. The van der Waals surface area contributed by atoms with Gasteiger partial charge in [-0.1, -0.05) is 6.07 Å². The number of nitrogens with zero attached hydrogens (tertiary/aromatic N) is 3. The lowest BCUT2D eigenvalue weighted by atomic mass is 10.1. The van der Waals surface area contributed by atoms with Crippen molar-refractivity contribution in [1.29, 1.82) is 0 Å². The van der Waals surface area contributed by atoms with Crippen LogP contribution in [0.25, 0.3) is 0 Å². The first kappa shape index (κ1) is 12.1. The Hall–Kier alpha value is -2.37. The van der Waals surface area contributed by atoms with E-state index in [1.54, 1.807) is 23.0 Å². The quantitative estimate of drug-likeness (QED) is 0.777. The van der Waals surface area contributed by atoms with E-state index >= 15 is 0 Å². The van der Waals surface area contributed by atoms with Crippen LogP contribution in [0.2, 0.25) is 0 Å². The molecule has 1 amide bonds. The molecule has 2 aromatic rings. The van der Waals surface area contributed by atoms with Gasteiger partial charge in [-0.05, 0) is 24.6 Å². The molecular weight excluding hydrogens is 230 g/mol. The highest BCUT2D eigenvalue weighted by molar-refractivity contribution is 5.99. The smallest absolute Gasteiger partial charge is 0.253 e. The molecule has 0 aliphatic heterocycles. The van der Waals surface area contributed by atoms with Crippen LogP contribution in [-0.4, -0.2) is 20.7 Å². The fourth-order valence-electron chi connectivity index (χ4n) is 1.61. The lowest BCUT2D eigenvalue weighted by Gasteiger charge is -2.07. The van der Waals surface area contributed by atoms with Gasteiger partial charge in [0.05, 0.1) is 12.1 Å². The van der Waals surface area contributed by atoms with E-state index in [2.05, 4.69) is 15.5 Å². The number of hydrogen-bond donors (Lipinski definition) is 2. The van der Waals surface area contributed by atoms with Crippen LogP contribution in [0.1, 0.15) is 21.7 Å². The summed E-state index contributed by atoms with van der Waals surface area (Å²) in [6.07, 6.45) is 1.59. The second kappa shape index (κ2) is 4.87. The highest BCUT2D eigenvalue weighted by Crippen LogP contribution is 2.13. The summed E-state index contributed by atoms with van der Waals surface area (Å²) in [5.74, 6) is 0.476. The normalized spacial score (nSPS) is 10.3. The molecule has 1 aromatic heterocycles. The summed E-state index contributed by atoms with van der Waals surface area (Å²) in [7, 11) is 1.82. The summed E-state index contributed by atoms with van der Waals surface area (Å²) < 4.78 is 1.75. The van der Waals surface area contributed by atoms with Crippen molar-refractivity contribution < 1.29 is 4.79 Å². The summed E-state index contributed by atoms with van der Waals surface area (Å²) in [5.41, 5.74) is 7.78. The number of aromatic nitrogens is 3. The second-order valence-corrected chi connectivity index (χ2v) is 4.13. The van der Waals surface area contributed by atoms with Crippen LogP contribution >= 0.6 is 0 Å². The third-order valence-corrected chi connectivity index (χ3v) is 2.66. The van der Waals surface area contributed by atoms with Crippen molar-refractivity contribution in [3.63, 3.8) is 0 Å². The standard InChI is InChI=1S/C12H15N5O/c1-8-3-4-9(10(13)5-8)12(18)14-6-11-16-15-7-17(11)2/h3-5,7H,6,13H2,1-2H3,(H,14,18). The van der Waals surface area contributed by atoms with Crippen LogP contribution < -0.4 is 11.1 Å². The average molecular weight is 245 g/mol. The Balaban J connectivity index is 2.06. The van der Waals surface area contributed by atoms with E-state index in [9.17, 15) is 4.79 Å². The van der Waals surface area contributed by atoms with Crippen molar-refractivity contribution in [3.05, 3.63) is 41.5 Å². The van der Waals surface area contributed by atoms with E-state index in [1.165, 1.54) is 0 Å². The van der Waals surface area contributed by atoms with Crippen molar-refractivity contribution in [2.75, 3.05) is 5.73 Å². The first-order valence-electron chi connectivity index (χ1n) is 5.55. The minimum atomic E-state index is -0.212. The Morgan fingerprint density at radius 3 is 2.89 bits per heavy atom. The Kier molecular flexibility index (Phi) is 3.27. The number of hydrogen-bond acceptors (Lipinski definition) is 4. The molecule has 6 heteroatoms. The number of nitrogen functional groups attached to an aromatic ring is 1. The number of benzene rings is 1. The lowest BCUT2D eigenvalue weighted by Crippen LogP contribution is -2.25. The topological polar surface area (TPSA) is 85.8 Å². The van der Waals surface area contributed by atoms with Gasteiger partial charge in [0.15, 0.2) is 5.82 Å². The molecule has 0 bridgehead atoms. The molecule has 6 nitrogen and oxygen atoms in total. The molecule has 0 aliphatic carbocycles. The van der Waals surface area contributed by atoms with E-state index in [0.29, 0.717) is 23.6 Å². The third-order valence-electron chi connectivity index (χ3n) is 2.66. The van der Waals surface area contributed by atoms with Gasteiger partial charge in [-0.2, -0.15) is 0 Å². The van der Waals surface area contributed by atoms with Crippen molar-refractivity contribution in [1.82, 2.24) is 20.1 Å². The number of nitrogens with two attached hydrogens (primary N) is 1. The molecule has 0 radical (unpaired) electrons. The maximum Gasteiger partial charge on any atom is 0.253 e. The third kappa shape index (κ3) is 2.48. The first-order valence-corrected chi connectivity index (χ1v) is 5.55. The van der Waals surface area contributed by atoms with E-state index in [4.69, 9.17) is 5.73 Å². The van der Waals surface area contributed by atoms with Crippen LogP contribution in [0.15, 0.2) is 24.5 Å². The van der Waals surface area contributed by atoms with Gasteiger partial charge in [-0.15, -0.1) is 10.2 Å². The van der Waals surface area contributed by atoms with Gasteiger partial charge in [-0.3, -0.25) is 4.79 Å². The van der Waals surface area contributed by atoms with E-state index in [1.807, 2.05) is 20.0 Å². The Bertz CT molecular complexity index is 576. The molecule has 3 N–H and O–H groups in total. The van der Waals surface area contributed by atoms with Crippen LogP contribution in [-0.2, 0) is 13.6 Å². The molecule has 0 spiro atoms. The van der Waals surface area contributed by atoms with Crippen LogP contribution in [0.3, 0.4) is 0 Å². The molecular formula is C12H15N5O. The van der Waals surface area contributed by atoms with Gasteiger partial charge < -0.3 is 15.6 Å². The number of nitrogens with one attached hydrogen (secondary N) is 1. The molecule has 1 aromatic carbocycles. The summed E-state index contributed by atoms with van der Waals surface area (Å²) in [4.78, 5) is 11.9. The van der Waals surface area contributed by atoms with Gasteiger partial charge in [0.25, 0.3) is 5.91 Å². The van der Waals surface area contributed by atoms with Gasteiger partial charge in [0.1, 0.15) is 6.33 Å². The number of anilines is 1. The first-order chi connectivity index (χ1) is 8.58. The van der Waals surface area contributed by atoms with Crippen molar-refractivity contribution in [3.8, 4) is 0 Å². The van der Waals surface area contributed by atoms with Gasteiger partial charge in [0, 0.05) is 12.7 Å². The zero-order valence-corrected chi connectivity index (χ0v) is 10.3. The molecule has 0 atom stereocenters. The average Bonchev–Trinajstić information content (AvgIpc) is 2.72. The number of amides is 1. The van der Waals surface area contributed by atoms with Crippen LogP contribution in [0, 0.1) is 6.92 Å². The van der Waals surface area contributed by atoms with Crippen molar-refractivity contribution in [2.24, 2.45) is 7.05 Å². The predicted molar refractivity (Wildman–Crippen MR) is 67.8 cm³/mol. The summed E-state index contributed by atoms with van der Waals surface area (Å²) in [6.45, 7) is 2.25.